The van der Waals surface area contributed by atoms with Crippen molar-refractivity contribution in [3.63, 3.8) is 0 Å². The molecule has 242 valence electrons. The van der Waals surface area contributed by atoms with Crippen molar-refractivity contribution in [2.45, 2.75) is 54.2 Å². The lowest BCUT2D eigenvalue weighted by molar-refractivity contribution is -0.141. The molecule has 4 aliphatic rings. The van der Waals surface area contributed by atoms with Crippen LogP contribution in [0, 0.1) is 23.6 Å². The molecule has 2 saturated heterocycles. The van der Waals surface area contributed by atoms with Gasteiger partial charge >= 0.3 is 5.97 Å². The third-order valence-electron chi connectivity index (χ3n) is 9.80. The van der Waals surface area contributed by atoms with Crippen LogP contribution in [0.3, 0.4) is 0 Å². The van der Waals surface area contributed by atoms with Gasteiger partial charge in [0.05, 0.1) is 24.6 Å². The summed E-state index contributed by atoms with van der Waals surface area (Å²) in [7, 11) is 1.36. The van der Waals surface area contributed by atoms with Crippen molar-refractivity contribution in [2.75, 3.05) is 18.6 Å². The summed E-state index contributed by atoms with van der Waals surface area (Å²) in [5.74, 6) is -7.39. The van der Waals surface area contributed by atoms with E-state index in [0.717, 1.165) is 17.0 Å². The molecule has 0 bridgehead atoms. The van der Waals surface area contributed by atoms with Crippen molar-refractivity contribution in [1.82, 2.24) is 4.90 Å². The van der Waals surface area contributed by atoms with Crippen LogP contribution in [0.4, 0.5) is 10.1 Å². The highest BCUT2D eigenvalue weighted by Crippen LogP contribution is 2.66. The van der Waals surface area contributed by atoms with Crippen molar-refractivity contribution < 1.29 is 43.3 Å². The van der Waals surface area contributed by atoms with Gasteiger partial charge < -0.3 is 14.9 Å². The number of benzene rings is 2. The van der Waals surface area contributed by atoms with Gasteiger partial charge in [-0.25, -0.2) is 9.29 Å². The quantitative estimate of drug-likeness (QED) is 0.168. The van der Waals surface area contributed by atoms with Crippen LogP contribution in [0.2, 0.25) is 0 Å². The number of unbranched alkanes of at least 4 members (excludes halogenated alkanes) is 2. The van der Waals surface area contributed by atoms with E-state index < -0.39 is 62.9 Å². The number of carboxylic acid groups (broad SMARTS) is 1. The molecule has 46 heavy (non-hydrogen) atoms. The number of nitrogens with zero attached hydrogens (tertiary/aromatic N) is 2. The van der Waals surface area contributed by atoms with Crippen LogP contribution in [0.1, 0.15) is 50.0 Å². The van der Waals surface area contributed by atoms with Crippen LogP contribution < -0.4 is 9.64 Å². The van der Waals surface area contributed by atoms with Crippen molar-refractivity contribution >= 4 is 58.5 Å². The van der Waals surface area contributed by atoms with Crippen LogP contribution in [0.25, 0.3) is 0 Å². The van der Waals surface area contributed by atoms with E-state index in [1.807, 2.05) is 0 Å². The molecule has 0 radical (unpaired) electrons. The number of likely N-dealkylation sites (tertiary alicyclic amines) is 1. The predicted molar refractivity (Wildman–Crippen MR) is 164 cm³/mol. The molecule has 13 heteroatoms. The summed E-state index contributed by atoms with van der Waals surface area (Å²) in [4.78, 5) is 64.9. The second-order valence-corrected chi connectivity index (χ2v) is 13.5. The largest absolute Gasteiger partial charge is 0.504 e. The second kappa shape index (κ2) is 11.7. The maximum Gasteiger partial charge on any atom is 0.303 e. The normalized spacial score (nSPS) is 30.2. The molecule has 2 N–H and O–H groups in total. The number of carbonyl (C=O) groups excluding carboxylic acids is 4. The molecule has 4 amide bonds. The number of amides is 4. The Hall–Kier alpha value is -3.96. The van der Waals surface area contributed by atoms with Gasteiger partial charge in [0.2, 0.25) is 11.8 Å². The Morgan fingerprint density at radius 3 is 2.39 bits per heavy atom. The molecule has 6 atom stereocenters. The first-order chi connectivity index (χ1) is 21.8. The highest BCUT2D eigenvalue weighted by Gasteiger charge is 2.76. The van der Waals surface area contributed by atoms with Crippen LogP contribution in [-0.2, 0) is 24.0 Å². The SMILES string of the molecule is COc1cc(C2C3=CCC4C(=O)N(CCCCCC(=O)O)C(=O)C4C3CC3(Cl)C(=O)N(c4ccc(F)cc4)C(=O)C23Cl)ccc1O. The fourth-order valence-electron chi connectivity index (χ4n) is 7.65. The maximum absolute atomic E-state index is 14.4. The second-order valence-electron chi connectivity index (χ2n) is 12.2. The van der Waals surface area contributed by atoms with Gasteiger partial charge in [-0.1, -0.05) is 24.1 Å². The van der Waals surface area contributed by atoms with Crippen molar-refractivity contribution in [2.24, 2.45) is 17.8 Å². The van der Waals surface area contributed by atoms with Crippen LogP contribution in [0.5, 0.6) is 11.5 Å². The van der Waals surface area contributed by atoms with Crippen molar-refractivity contribution in [3.8, 4) is 11.5 Å². The number of carboxylic acids is 1. The minimum Gasteiger partial charge on any atom is -0.504 e. The molecule has 0 spiro atoms. The third-order valence-corrected chi connectivity index (χ3v) is 11.2. The first-order valence-electron chi connectivity index (χ1n) is 15.0. The fraction of sp³-hybridized carbons (Fsp3) is 0.424. The van der Waals surface area contributed by atoms with E-state index in [-0.39, 0.29) is 48.9 Å². The molecule has 2 heterocycles. The number of hydrogen-bond donors (Lipinski definition) is 2. The Bertz CT molecular complexity index is 1680. The summed E-state index contributed by atoms with van der Waals surface area (Å²) in [6.45, 7) is 0.131. The minimum absolute atomic E-state index is 0.00833. The van der Waals surface area contributed by atoms with Gasteiger partial charge in [0.25, 0.3) is 11.8 Å². The van der Waals surface area contributed by atoms with E-state index in [1.165, 1.54) is 36.3 Å². The molecule has 1 saturated carbocycles. The maximum atomic E-state index is 14.4. The molecule has 6 unspecified atom stereocenters. The highest BCUT2D eigenvalue weighted by molar-refractivity contribution is 6.58. The van der Waals surface area contributed by atoms with Gasteiger partial charge in [-0.05, 0) is 73.6 Å². The van der Waals surface area contributed by atoms with Gasteiger partial charge in [-0.15, -0.1) is 23.2 Å². The van der Waals surface area contributed by atoms with Gasteiger partial charge in [0, 0.05) is 18.9 Å². The van der Waals surface area contributed by atoms with Gasteiger partial charge in [0.1, 0.15) is 5.82 Å². The average molecular weight is 674 g/mol. The zero-order valence-corrected chi connectivity index (χ0v) is 26.3. The molecule has 2 aromatic rings. The van der Waals surface area contributed by atoms with E-state index in [4.69, 9.17) is 33.0 Å². The lowest BCUT2D eigenvalue weighted by Gasteiger charge is -2.50. The number of allylic oxidation sites excluding steroid dienone is 2. The van der Waals surface area contributed by atoms with E-state index in [1.54, 1.807) is 12.1 Å². The molecule has 0 aromatic heterocycles. The van der Waals surface area contributed by atoms with Gasteiger partial charge in [-0.3, -0.25) is 28.9 Å². The Morgan fingerprint density at radius 2 is 1.72 bits per heavy atom. The number of fused-ring (bicyclic) bond motifs is 4. The number of alkyl halides is 2. The van der Waals surface area contributed by atoms with Gasteiger partial charge in [0.15, 0.2) is 21.2 Å². The number of rotatable bonds is 9. The van der Waals surface area contributed by atoms with Crippen LogP contribution in [0.15, 0.2) is 54.1 Å². The Morgan fingerprint density at radius 1 is 1.00 bits per heavy atom. The average Bonchev–Trinajstić information content (AvgIpc) is 3.35. The molecule has 3 fully saturated rings. The number of phenols is 1. The van der Waals surface area contributed by atoms with E-state index in [9.17, 15) is 33.5 Å². The number of phenolic OH excluding ortho intramolecular Hbond substituents is 1. The number of aliphatic carboxylic acids is 1. The Balaban J connectivity index is 1.43. The Kier molecular flexibility index (Phi) is 8.13. The van der Waals surface area contributed by atoms with E-state index in [2.05, 4.69) is 0 Å². The Labute approximate surface area is 273 Å². The molecular weight excluding hydrogens is 642 g/mol. The zero-order valence-electron chi connectivity index (χ0n) is 24.8. The number of imide groups is 2. The molecule has 10 nitrogen and oxygen atoms in total. The lowest BCUT2D eigenvalue weighted by Crippen LogP contribution is -2.60. The first-order valence-corrected chi connectivity index (χ1v) is 15.8. The summed E-state index contributed by atoms with van der Waals surface area (Å²) < 4.78 is 19.1. The number of anilines is 1. The minimum atomic E-state index is -2.10. The summed E-state index contributed by atoms with van der Waals surface area (Å²) in [6, 6.07) is 9.18. The smallest absolute Gasteiger partial charge is 0.303 e. The van der Waals surface area contributed by atoms with Crippen molar-refractivity contribution in [1.29, 1.82) is 0 Å². The van der Waals surface area contributed by atoms with Crippen LogP contribution >= 0.6 is 23.2 Å². The lowest BCUT2D eigenvalue weighted by atomic mass is 9.56. The predicted octanol–water partition coefficient (Wildman–Crippen LogP) is 4.75. The summed E-state index contributed by atoms with van der Waals surface area (Å²) >= 11 is 14.7. The fourth-order valence-corrected chi connectivity index (χ4v) is 8.59. The third kappa shape index (κ3) is 4.69. The number of aromatic hydroxyl groups is 1. The molecule has 6 rings (SSSR count). The zero-order chi connectivity index (χ0) is 33.1. The number of halogens is 3. The summed E-state index contributed by atoms with van der Waals surface area (Å²) in [5.41, 5.74) is 1.05. The standard InChI is InChI=1S/C33H31Cl2FN2O8/c1-46-24-15-17(6-13-23(24)39)27-20-11-12-21-26(29(43)37(28(21)42)14-4-2-3-5-25(40)41)22(20)16-32(34)30(44)38(31(45)33(27,32)35)19-9-7-18(36)8-10-19/h6-11,13,15,21-22,26-27,39H,2-5,12,14,16H2,1H3,(H,40,41). The summed E-state index contributed by atoms with van der Waals surface area (Å²) in [5, 5.41) is 19.3. The van der Waals surface area contributed by atoms with Crippen molar-refractivity contribution in [3.05, 3.63) is 65.5 Å². The number of ether oxygens (including phenoxy) is 1. The molecular formula is C33H31Cl2FN2O8. The molecule has 2 aliphatic heterocycles. The monoisotopic (exact) mass is 672 g/mol. The number of carbonyl (C=O) groups is 5. The molecule has 2 aromatic carbocycles. The first kappa shape index (κ1) is 32.0. The van der Waals surface area contributed by atoms with Crippen LogP contribution in [-0.4, -0.2) is 68.1 Å². The topological polar surface area (TPSA) is 142 Å². The number of hydrogen-bond acceptors (Lipinski definition) is 7. The van der Waals surface area contributed by atoms with E-state index >= 15 is 0 Å². The van der Waals surface area contributed by atoms with Gasteiger partial charge in [-0.2, -0.15) is 0 Å². The van der Waals surface area contributed by atoms with E-state index in [0.29, 0.717) is 30.4 Å². The molecule has 2 aliphatic carbocycles. The number of methoxy groups -OCH3 is 1. The summed E-state index contributed by atoms with van der Waals surface area (Å²) in [6.07, 6.45) is 3.14. The highest BCUT2D eigenvalue weighted by atomic mass is 35.5.